The second-order valence-electron chi connectivity index (χ2n) is 34.2. The Labute approximate surface area is 857 Å². The molecule has 43 nitrogen and oxygen atoms in total. The van der Waals surface area contributed by atoms with Crippen molar-refractivity contribution in [1.82, 2.24) is 137 Å². The van der Waals surface area contributed by atoms with E-state index in [9.17, 15) is 36.3 Å². The van der Waals surface area contributed by atoms with E-state index in [0.717, 1.165) is 125 Å². The molecule has 0 aromatic carbocycles. The van der Waals surface area contributed by atoms with E-state index in [4.69, 9.17) is 53.3 Å². The van der Waals surface area contributed by atoms with Crippen LogP contribution < -0.4 is 34.0 Å². The van der Waals surface area contributed by atoms with Crippen LogP contribution in [0.3, 0.4) is 0 Å². The van der Waals surface area contributed by atoms with E-state index in [0.29, 0.717) is 155 Å². The number of methoxy groups -OCH3 is 2. The summed E-state index contributed by atoms with van der Waals surface area (Å²) in [5, 5.41) is 35.1. The number of piperidine rings is 4. The maximum Gasteiger partial charge on any atom is 0.415 e. The number of ether oxygens (including phenoxy) is 2. The second kappa shape index (κ2) is 44.0. The molecule has 1 atom stereocenters. The van der Waals surface area contributed by atoms with Gasteiger partial charge in [-0.05, 0) is 188 Å². The first-order valence-corrected chi connectivity index (χ1v) is 51.9. The molecule has 4 aliphatic rings. The molecule has 0 saturated carbocycles. The van der Waals surface area contributed by atoms with E-state index in [2.05, 4.69) is 149 Å². The van der Waals surface area contributed by atoms with Crippen LogP contribution in [0.1, 0.15) is 97.8 Å². The average molecular weight is 2240 g/mol. The van der Waals surface area contributed by atoms with E-state index in [-0.39, 0.29) is 53.7 Å². The number of H-pyrrole nitrogens is 1. The van der Waals surface area contributed by atoms with Crippen molar-refractivity contribution >= 4 is 148 Å². The van der Waals surface area contributed by atoms with Crippen molar-refractivity contribution in [2.45, 2.75) is 86.2 Å². The van der Waals surface area contributed by atoms with Gasteiger partial charge >= 0.3 is 12.1 Å². The Bertz CT molecular complexity index is 7720. The smallest absolute Gasteiger partial charge is 0.415 e. The minimum absolute atomic E-state index is 0.0108. The van der Waals surface area contributed by atoms with Crippen molar-refractivity contribution in [3.8, 4) is 89.5 Å². The number of amides is 4. The number of fused-ring (bicyclic) bond motifs is 4. The standard InChI is InChI=1S/C24H23BrN8O3.C24H25BrN8O2.C24H26BrN7O3S.C23H21BrN10O2S/c1-36-24(35)31-23(34)32-9-6-14(7-10-32)20-19(25)21(26)33-22(30-20)17(13-29-33)15-4-5-18(28-12-15)16-3-2-8-27-11-16;25-20-21(14-5-8-32(9-6-14)24(35)18(26)13-34)31-23-17(12-30-33(23)22(20)27)15-3-4-19(29-11-15)16-2-1-7-28-10-16;1-35-11-12-36(33,34)31-9-6-16(7-10-31)22-21(25)23(26)32-24(30-22)19(15-29-32)17-4-5-20(28-14-17)18-3-2-8-27-13-18;24-19-20(14-5-8-33(9-6-14)37(35,36)23-28-13-29-32-23)31-22-17(12-30-34(22)21(19)25)15-3-4-18(27-11-15)16-2-1-7-26-10-16/h2-5,8,11-14H,6-7,9-10,26H2,1H3,(H,31,34,35);1-4,7,10-12,14,18,34H,5-6,8-9,13,26-27H2;2-5,8,13-16H,6-7,9-12,26H2,1H3;1-4,7,10-14H,5-6,8-9,25H2,(H,28,29,32). The molecule has 740 valence electrons. The summed E-state index contributed by atoms with van der Waals surface area (Å²) in [5.74, 6) is 1.83. The normalized spacial score (nSPS) is 15.1. The summed E-state index contributed by atoms with van der Waals surface area (Å²) in [6.07, 6.45) is 33.8. The number of nitrogens with two attached hydrogens (primary N) is 5. The number of hydrogen-bond donors (Lipinski definition) is 8. The fourth-order valence-electron chi connectivity index (χ4n) is 17.7. The molecule has 0 spiro atoms. The van der Waals surface area contributed by atoms with E-state index in [1.54, 1.807) is 127 Å². The Hall–Kier alpha value is -14.2. The molecule has 13 N–H and O–H groups in total. The number of carbonyl (C=O) groups excluding carboxylic acids is 3. The molecule has 0 radical (unpaired) electrons. The Morgan fingerprint density at radius 1 is 0.431 bits per heavy atom. The van der Waals surface area contributed by atoms with Gasteiger partial charge in [0.1, 0.15) is 35.6 Å². The van der Waals surface area contributed by atoms with Crippen LogP contribution in [0.15, 0.2) is 226 Å². The molecule has 4 aliphatic heterocycles. The quantitative estimate of drug-likeness (QED) is 0.0351. The number of hydrogen-bond acceptors (Lipinski definition) is 33. The summed E-state index contributed by atoms with van der Waals surface area (Å²) >= 11 is 14.4. The molecule has 21 heterocycles. The number of nitrogen functional groups attached to an aromatic ring is 4. The number of alkyl carbamates (subject to hydrolysis) is 1. The molecule has 4 amide bonds. The monoisotopic (exact) mass is 2240 g/mol. The highest BCUT2D eigenvalue weighted by Crippen LogP contribution is 2.44. The van der Waals surface area contributed by atoms with Gasteiger partial charge in [-0.1, -0.05) is 24.3 Å². The van der Waals surface area contributed by atoms with Gasteiger partial charge in [0.05, 0.1) is 114 Å². The Kier molecular flexibility index (Phi) is 30.5. The van der Waals surface area contributed by atoms with Gasteiger partial charge in [0.2, 0.25) is 15.9 Å². The minimum atomic E-state index is -3.71. The topological polar surface area (TPSA) is 579 Å². The molecule has 21 rings (SSSR count). The van der Waals surface area contributed by atoms with Gasteiger partial charge in [0.25, 0.3) is 15.2 Å². The van der Waals surface area contributed by atoms with Crippen LogP contribution in [0, 0.1) is 0 Å². The minimum Gasteiger partial charge on any atom is -0.453 e. The molecule has 0 aliphatic carbocycles. The Morgan fingerprint density at radius 2 is 0.750 bits per heavy atom. The van der Waals surface area contributed by atoms with Crippen LogP contribution in [0.5, 0.6) is 0 Å². The third-order valence-corrected chi connectivity index (χ3v) is 32.4. The van der Waals surface area contributed by atoms with Crippen LogP contribution in [0.25, 0.3) is 112 Å². The first-order chi connectivity index (χ1) is 69.7. The molecular weight excluding hydrogens is 2150 g/mol. The highest BCUT2D eigenvalue weighted by atomic mass is 79.9. The number of nitrogens with one attached hydrogen (secondary N) is 2. The lowest BCUT2D eigenvalue weighted by Gasteiger charge is -2.33. The largest absolute Gasteiger partial charge is 0.453 e. The van der Waals surface area contributed by atoms with Gasteiger partial charge in [-0.3, -0.25) is 44.7 Å². The average Bonchev–Trinajstić information content (AvgIpc) is 1.69. The Balaban J connectivity index is 0.000000126. The van der Waals surface area contributed by atoms with E-state index in [1.807, 2.05) is 97.1 Å². The third kappa shape index (κ3) is 21.2. The highest BCUT2D eigenvalue weighted by Gasteiger charge is 2.38. The molecule has 0 bridgehead atoms. The van der Waals surface area contributed by atoms with Crippen LogP contribution in [-0.2, 0) is 34.3 Å². The molecule has 1 unspecified atom stereocenters. The number of rotatable bonds is 20. The van der Waals surface area contributed by atoms with Crippen LogP contribution in [0.4, 0.5) is 32.9 Å². The van der Waals surface area contributed by atoms with E-state index >= 15 is 0 Å². The lowest BCUT2D eigenvalue weighted by atomic mass is 9.92. The van der Waals surface area contributed by atoms with Crippen molar-refractivity contribution < 1.29 is 45.8 Å². The first-order valence-electron chi connectivity index (χ1n) is 45.6. The first kappa shape index (κ1) is 100.0. The zero-order chi connectivity index (χ0) is 101. The number of halogens is 4. The van der Waals surface area contributed by atoms with Gasteiger partial charge in [-0.25, -0.2) is 66.1 Å². The fraction of sp³-hybridized carbons (Fsp3) is 0.274. The van der Waals surface area contributed by atoms with Crippen molar-refractivity contribution in [2.75, 3.05) is 108 Å². The van der Waals surface area contributed by atoms with Crippen LogP contribution >= 0.6 is 63.7 Å². The summed E-state index contributed by atoms with van der Waals surface area (Å²) in [4.78, 5) is 97.8. The van der Waals surface area contributed by atoms with Crippen molar-refractivity contribution in [2.24, 2.45) is 5.73 Å². The van der Waals surface area contributed by atoms with Crippen molar-refractivity contribution in [3.05, 3.63) is 243 Å². The van der Waals surface area contributed by atoms with E-state index < -0.39 is 38.2 Å². The maximum absolute atomic E-state index is 12.8. The lowest BCUT2D eigenvalue weighted by molar-refractivity contribution is -0.134. The zero-order valence-corrected chi connectivity index (χ0v) is 85.3. The van der Waals surface area contributed by atoms with Gasteiger partial charge in [0.15, 0.2) is 22.6 Å². The predicted octanol–water partition coefficient (Wildman–Crippen LogP) is 12.3. The summed E-state index contributed by atoms with van der Waals surface area (Å²) in [7, 11) is -4.33. The number of likely N-dealkylation sites (tertiary alicyclic amines) is 2. The summed E-state index contributed by atoms with van der Waals surface area (Å²) in [6, 6.07) is 29.7. The maximum atomic E-state index is 12.8. The van der Waals surface area contributed by atoms with Crippen molar-refractivity contribution in [1.29, 1.82) is 0 Å². The zero-order valence-electron chi connectivity index (χ0n) is 77.3. The number of aromatic nitrogens is 23. The second-order valence-corrected chi connectivity index (χ2v) is 41.3. The Morgan fingerprint density at radius 3 is 1.03 bits per heavy atom. The number of urea groups is 1. The van der Waals surface area contributed by atoms with Gasteiger partial charge in [-0.15, -0.1) is 0 Å². The molecule has 144 heavy (non-hydrogen) atoms. The number of anilines is 4. The number of carbonyl (C=O) groups is 3. The highest BCUT2D eigenvalue weighted by molar-refractivity contribution is 9.11. The molecular formula is C95H95Br4N33O10S2. The number of aliphatic hydroxyl groups is 1. The molecule has 17 aromatic heterocycles. The number of nitrogens with zero attached hydrogens (tertiary/aromatic N) is 26. The molecule has 49 heteroatoms. The number of aromatic amines is 1. The van der Waals surface area contributed by atoms with Gasteiger partial charge in [-0.2, -0.15) is 47.9 Å². The van der Waals surface area contributed by atoms with Crippen LogP contribution in [0.2, 0.25) is 0 Å². The van der Waals surface area contributed by atoms with Crippen molar-refractivity contribution in [3.63, 3.8) is 0 Å². The molecule has 4 fully saturated rings. The number of sulfonamides is 2. The van der Waals surface area contributed by atoms with Gasteiger partial charge < -0.3 is 53.0 Å². The molecule has 17 aromatic rings. The summed E-state index contributed by atoms with van der Waals surface area (Å²) < 4.78 is 72.3. The van der Waals surface area contributed by atoms with E-state index in [1.165, 1.54) is 29.2 Å². The van der Waals surface area contributed by atoms with Crippen LogP contribution in [-0.4, -0.2) is 263 Å². The number of imide groups is 1. The summed E-state index contributed by atoms with van der Waals surface area (Å²) in [5.41, 5.74) is 51.0. The number of aliphatic hydroxyl groups excluding tert-OH is 1. The molecule has 4 saturated heterocycles. The number of pyridine rings is 8. The predicted molar refractivity (Wildman–Crippen MR) is 551 cm³/mol. The SMILES string of the molecule is COC(=O)NC(=O)N1CCC(c2nc3c(-c4ccc(-c5cccnc5)nc4)cnn3c(N)c2Br)CC1.COCCS(=O)(=O)N1CCC(c2nc3c(-c4ccc(-c5cccnc5)nc4)cnn3c(N)c2Br)CC1.Nc1c(Br)c(C2CCN(C(=O)C(N)CO)CC2)nc2c(-c3ccc(-c4cccnc4)nc3)cnn12.Nc1c(Br)c(C2CCN(S(=O)(=O)c3ncn[nH]3)CC2)nc2c(-c3ccc(-c4cccnc4)nc3)cnn12. The third-order valence-electron chi connectivity index (χ3n) is 25.6. The van der Waals surface area contributed by atoms with Gasteiger partial charge in [0, 0.05) is 224 Å². The fourth-order valence-corrected chi connectivity index (χ4v) is 22.7. The summed E-state index contributed by atoms with van der Waals surface area (Å²) in [6.45, 7) is 3.38. The lowest BCUT2D eigenvalue weighted by Crippen LogP contribution is -2.48.